The summed E-state index contributed by atoms with van der Waals surface area (Å²) in [5, 5.41) is 0. The van der Waals surface area contributed by atoms with Gasteiger partial charge in [0.1, 0.15) is 5.75 Å². The lowest BCUT2D eigenvalue weighted by Gasteiger charge is -2.26. The van der Waals surface area contributed by atoms with Crippen molar-refractivity contribution in [3.05, 3.63) is 27.3 Å². The summed E-state index contributed by atoms with van der Waals surface area (Å²) >= 11 is 2.31. The largest absolute Gasteiger partial charge is 0.496 e. The van der Waals surface area contributed by atoms with Gasteiger partial charge < -0.3 is 9.47 Å². The summed E-state index contributed by atoms with van der Waals surface area (Å²) in [6.07, 6.45) is 0. The topological polar surface area (TPSA) is 21.7 Å². The summed E-state index contributed by atoms with van der Waals surface area (Å²) in [6, 6.07) is 6.36. The van der Waals surface area contributed by atoms with Crippen LogP contribution in [0.3, 0.4) is 0 Å². The Labute approximate surface area is 110 Å². The summed E-state index contributed by atoms with van der Waals surface area (Å²) in [6.45, 7) is 4.77. The van der Waals surface area contributed by atoms with Crippen LogP contribution in [0.15, 0.2) is 18.2 Å². The maximum atomic E-state index is 5.33. The molecule has 3 nitrogen and oxygen atoms in total. The Kier molecular flexibility index (Phi) is 4.43. The smallest absolute Gasteiger partial charge is 0.132 e. The van der Waals surface area contributed by atoms with Crippen molar-refractivity contribution >= 4 is 22.6 Å². The van der Waals surface area contributed by atoms with E-state index in [1.165, 1.54) is 9.13 Å². The lowest BCUT2D eigenvalue weighted by Crippen LogP contribution is -2.35. The highest BCUT2D eigenvalue weighted by molar-refractivity contribution is 14.1. The molecule has 88 valence electrons. The highest BCUT2D eigenvalue weighted by Gasteiger charge is 2.11. The van der Waals surface area contributed by atoms with Gasteiger partial charge in [0.05, 0.1) is 23.9 Å². The number of morpholine rings is 1. The Morgan fingerprint density at radius 1 is 1.38 bits per heavy atom. The van der Waals surface area contributed by atoms with Crippen molar-refractivity contribution in [2.75, 3.05) is 33.4 Å². The van der Waals surface area contributed by atoms with Gasteiger partial charge in [-0.05, 0) is 40.3 Å². The molecule has 0 spiro atoms. The molecule has 1 aliphatic rings. The Bertz CT molecular complexity index is 351. The first-order chi connectivity index (χ1) is 7.79. The van der Waals surface area contributed by atoms with Gasteiger partial charge in [-0.25, -0.2) is 0 Å². The minimum Gasteiger partial charge on any atom is -0.496 e. The van der Waals surface area contributed by atoms with E-state index in [-0.39, 0.29) is 0 Å². The van der Waals surface area contributed by atoms with E-state index in [9.17, 15) is 0 Å². The molecule has 2 rings (SSSR count). The van der Waals surface area contributed by atoms with Crippen molar-refractivity contribution in [2.45, 2.75) is 6.54 Å². The second-order valence-corrected chi connectivity index (χ2v) is 5.02. The first-order valence-corrected chi connectivity index (χ1v) is 6.50. The normalized spacial score (nSPS) is 17.4. The monoisotopic (exact) mass is 333 g/mol. The average molecular weight is 333 g/mol. The molecule has 0 atom stereocenters. The van der Waals surface area contributed by atoms with Crippen LogP contribution in [0.1, 0.15) is 5.56 Å². The molecular weight excluding hydrogens is 317 g/mol. The van der Waals surface area contributed by atoms with Gasteiger partial charge in [0.15, 0.2) is 0 Å². The summed E-state index contributed by atoms with van der Waals surface area (Å²) < 4.78 is 11.8. The molecule has 1 aliphatic heterocycles. The predicted octanol–water partition coefficient (Wildman–Crippen LogP) is 2.13. The Morgan fingerprint density at radius 2 is 2.12 bits per heavy atom. The summed E-state index contributed by atoms with van der Waals surface area (Å²) in [7, 11) is 1.71. The third kappa shape index (κ3) is 3.09. The molecule has 0 aromatic heterocycles. The average Bonchev–Trinajstić information content (AvgIpc) is 2.31. The molecule has 1 heterocycles. The van der Waals surface area contributed by atoms with Crippen molar-refractivity contribution in [1.82, 2.24) is 4.90 Å². The van der Waals surface area contributed by atoms with E-state index in [4.69, 9.17) is 9.47 Å². The second-order valence-electron chi connectivity index (χ2n) is 3.86. The zero-order chi connectivity index (χ0) is 11.4. The molecule has 0 bridgehead atoms. The number of methoxy groups -OCH3 is 1. The fourth-order valence-electron chi connectivity index (χ4n) is 1.83. The van der Waals surface area contributed by atoms with E-state index in [1.807, 2.05) is 6.07 Å². The molecule has 16 heavy (non-hydrogen) atoms. The molecule has 1 aromatic carbocycles. The zero-order valence-electron chi connectivity index (χ0n) is 9.41. The standard InChI is InChI=1S/C12H16INO2/c1-15-12-3-2-10(8-11(12)13)9-14-4-6-16-7-5-14/h2-3,8H,4-7,9H2,1H3. The third-order valence-corrected chi connectivity index (χ3v) is 3.57. The van der Waals surface area contributed by atoms with E-state index < -0.39 is 0 Å². The number of hydrogen-bond donors (Lipinski definition) is 0. The third-order valence-electron chi connectivity index (χ3n) is 2.73. The molecule has 0 amide bonds. The van der Waals surface area contributed by atoms with Crippen LogP contribution in [0.25, 0.3) is 0 Å². The van der Waals surface area contributed by atoms with Crippen LogP contribution in [0, 0.1) is 3.57 Å². The highest BCUT2D eigenvalue weighted by atomic mass is 127. The molecule has 1 saturated heterocycles. The molecule has 0 aliphatic carbocycles. The lowest BCUT2D eigenvalue weighted by molar-refractivity contribution is 0.0342. The van der Waals surface area contributed by atoms with Gasteiger partial charge >= 0.3 is 0 Å². The van der Waals surface area contributed by atoms with Crippen molar-refractivity contribution < 1.29 is 9.47 Å². The molecule has 1 aromatic rings. The van der Waals surface area contributed by atoms with Crippen LogP contribution in [-0.2, 0) is 11.3 Å². The van der Waals surface area contributed by atoms with Crippen molar-refractivity contribution in [3.63, 3.8) is 0 Å². The maximum absolute atomic E-state index is 5.33. The zero-order valence-corrected chi connectivity index (χ0v) is 11.6. The maximum Gasteiger partial charge on any atom is 0.132 e. The number of benzene rings is 1. The molecule has 0 radical (unpaired) electrons. The van der Waals surface area contributed by atoms with Crippen LogP contribution < -0.4 is 4.74 Å². The minimum atomic E-state index is 0.854. The van der Waals surface area contributed by atoms with Gasteiger partial charge in [-0.3, -0.25) is 4.90 Å². The fourth-order valence-corrected chi connectivity index (χ4v) is 2.63. The quantitative estimate of drug-likeness (QED) is 0.791. The van der Waals surface area contributed by atoms with Crippen molar-refractivity contribution in [3.8, 4) is 5.75 Å². The van der Waals surface area contributed by atoms with Crippen molar-refractivity contribution in [1.29, 1.82) is 0 Å². The number of ether oxygens (including phenoxy) is 2. The first-order valence-electron chi connectivity index (χ1n) is 5.42. The second kappa shape index (κ2) is 5.84. The van der Waals surface area contributed by atoms with Crippen LogP contribution in [-0.4, -0.2) is 38.3 Å². The van der Waals surface area contributed by atoms with Gasteiger partial charge in [0.25, 0.3) is 0 Å². The first kappa shape index (κ1) is 12.1. The minimum absolute atomic E-state index is 0.854. The van der Waals surface area contributed by atoms with E-state index in [0.29, 0.717) is 0 Å². The Balaban J connectivity index is 2.01. The van der Waals surface area contributed by atoms with Gasteiger partial charge in [0.2, 0.25) is 0 Å². The Hall–Kier alpha value is -0.330. The van der Waals surface area contributed by atoms with Gasteiger partial charge in [-0.1, -0.05) is 6.07 Å². The van der Waals surface area contributed by atoms with E-state index in [1.54, 1.807) is 7.11 Å². The molecule has 0 N–H and O–H groups in total. The molecule has 4 heteroatoms. The number of hydrogen-bond acceptors (Lipinski definition) is 3. The van der Waals surface area contributed by atoms with E-state index in [0.717, 1.165) is 38.6 Å². The molecular formula is C12H16INO2. The highest BCUT2D eigenvalue weighted by Crippen LogP contribution is 2.22. The van der Waals surface area contributed by atoms with Gasteiger partial charge in [0, 0.05) is 19.6 Å². The SMILES string of the molecule is COc1ccc(CN2CCOCC2)cc1I. The molecule has 0 saturated carbocycles. The summed E-state index contributed by atoms with van der Waals surface area (Å²) in [5.41, 5.74) is 1.34. The number of halogens is 1. The summed E-state index contributed by atoms with van der Waals surface area (Å²) in [4.78, 5) is 2.42. The fraction of sp³-hybridized carbons (Fsp3) is 0.500. The van der Waals surface area contributed by atoms with Crippen molar-refractivity contribution in [2.24, 2.45) is 0 Å². The van der Waals surface area contributed by atoms with Crippen LogP contribution in [0.4, 0.5) is 0 Å². The molecule has 1 fully saturated rings. The van der Waals surface area contributed by atoms with Crippen LogP contribution >= 0.6 is 22.6 Å². The van der Waals surface area contributed by atoms with Gasteiger partial charge in [-0.2, -0.15) is 0 Å². The van der Waals surface area contributed by atoms with Crippen LogP contribution in [0.2, 0.25) is 0 Å². The predicted molar refractivity (Wildman–Crippen MR) is 71.8 cm³/mol. The number of rotatable bonds is 3. The van der Waals surface area contributed by atoms with Crippen LogP contribution in [0.5, 0.6) is 5.75 Å². The lowest BCUT2D eigenvalue weighted by atomic mass is 10.2. The number of nitrogens with zero attached hydrogens (tertiary/aromatic N) is 1. The summed E-state index contributed by atoms with van der Waals surface area (Å²) in [5.74, 6) is 0.950. The molecule has 0 unspecified atom stereocenters. The van der Waals surface area contributed by atoms with Gasteiger partial charge in [-0.15, -0.1) is 0 Å². The Morgan fingerprint density at radius 3 is 2.75 bits per heavy atom. The van der Waals surface area contributed by atoms with E-state index in [2.05, 4.69) is 39.6 Å². The van der Waals surface area contributed by atoms with E-state index >= 15 is 0 Å².